The van der Waals surface area contributed by atoms with Gasteiger partial charge in [-0.1, -0.05) is 23.4 Å². The van der Waals surface area contributed by atoms with Crippen LogP contribution in [0.4, 0.5) is 22.0 Å². The summed E-state index contributed by atoms with van der Waals surface area (Å²) in [6.07, 6.45) is 3.50. The minimum absolute atomic E-state index is 0.135. The number of hydrogen-bond acceptors (Lipinski definition) is 6. The Bertz CT molecular complexity index is 847. The van der Waals surface area contributed by atoms with E-state index in [-0.39, 0.29) is 29.0 Å². The molecule has 24 heavy (non-hydrogen) atoms. The molecular weight excluding hydrogens is 354 g/mol. The lowest BCUT2D eigenvalue weighted by Crippen LogP contribution is -2.46. The summed E-state index contributed by atoms with van der Waals surface area (Å²) >= 11 is 7.53. The van der Waals surface area contributed by atoms with E-state index in [1.54, 1.807) is 13.2 Å². The molecule has 0 fully saturated rings. The first-order valence-electron chi connectivity index (χ1n) is 6.81. The zero-order chi connectivity index (χ0) is 17.4. The van der Waals surface area contributed by atoms with E-state index in [0.717, 1.165) is 5.56 Å². The molecule has 1 aliphatic rings. The van der Waals surface area contributed by atoms with Gasteiger partial charge in [0.15, 0.2) is 5.16 Å². The molecule has 0 radical (unpaired) electrons. The summed E-state index contributed by atoms with van der Waals surface area (Å²) in [5.41, 5.74) is 0.879. The van der Waals surface area contributed by atoms with Gasteiger partial charge >= 0.3 is 6.03 Å². The quantitative estimate of drug-likeness (QED) is 0.358. The van der Waals surface area contributed by atoms with Crippen molar-refractivity contribution in [3.8, 4) is 0 Å². The minimum atomic E-state index is -0.528. The van der Waals surface area contributed by atoms with Crippen molar-refractivity contribution in [3.63, 3.8) is 0 Å². The number of carbonyl (C=O) groups is 1. The number of nitrogens with zero attached hydrogens (tertiary/aromatic N) is 5. The molecule has 2 aromatic rings. The van der Waals surface area contributed by atoms with E-state index in [1.165, 1.54) is 39.8 Å². The first-order chi connectivity index (χ1) is 11.4. The Labute approximate surface area is 146 Å². The van der Waals surface area contributed by atoms with E-state index in [9.17, 15) is 14.9 Å². The van der Waals surface area contributed by atoms with Crippen LogP contribution < -0.4 is 9.80 Å². The van der Waals surface area contributed by atoms with Crippen LogP contribution in [-0.2, 0) is 6.54 Å². The van der Waals surface area contributed by atoms with E-state index in [0.29, 0.717) is 11.0 Å². The van der Waals surface area contributed by atoms with Crippen LogP contribution in [0.15, 0.2) is 29.6 Å². The van der Waals surface area contributed by atoms with Crippen molar-refractivity contribution in [2.45, 2.75) is 11.7 Å². The van der Waals surface area contributed by atoms with Crippen LogP contribution in [-0.4, -0.2) is 34.2 Å². The van der Waals surface area contributed by atoms with E-state index in [4.69, 9.17) is 11.6 Å². The minimum Gasteiger partial charge on any atom is -0.288 e. The highest BCUT2D eigenvalue weighted by Gasteiger charge is 2.32. The molecule has 0 atom stereocenters. The van der Waals surface area contributed by atoms with Gasteiger partial charge < -0.3 is 0 Å². The van der Waals surface area contributed by atoms with Crippen LogP contribution >= 0.6 is 23.4 Å². The summed E-state index contributed by atoms with van der Waals surface area (Å²) < 4.78 is 0. The number of carbonyl (C=O) groups excluding carboxylic acids is 1. The Morgan fingerprint density at radius 1 is 1.42 bits per heavy atom. The van der Waals surface area contributed by atoms with Gasteiger partial charge in [0, 0.05) is 30.9 Å². The van der Waals surface area contributed by atoms with Gasteiger partial charge in [0.05, 0.1) is 22.2 Å². The molecular formula is C14H12ClN5O3S. The molecule has 0 bridgehead atoms. The molecule has 0 saturated carbocycles. The third-order valence-corrected chi connectivity index (χ3v) is 4.48. The maximum absolute atomic E-state index is 12.7. The number of aromatic nitrogens is 2. The monoisotopic (exact) mass is 365 g/mol. The largest absolute Gasteiger partial charge is 0.330 e. The van der Waals surface area contributed by atoms with Crippen molar-refractivity contribution >= 4 is 46.6 Å². The number of benzene rings is 1. The third kappa shape index (κ3) is 2.76. The van der Waals surface area contributed by atoms with Crippen LogP contribution in [0.25, 0.3) is 0 Å². The normalized spacial score (nSPS) is 13.9. The Kier molecular flexibility index (Phi) is 4.29. The SMILES string of the molecule is CSc1ncc2c(n1)N(C)C(=O)N(c1cc([N+](=O)[O-])ccc1Cl)C2. The van der Waals surface area contributed by atoms with E-state index < -0.39 is 4.92 Å². The van der Waals surface area contributed by atoms with Crippen LogP contribution in [0.2, 0.25) is 5.02 Å². The summed E-state index contributed by atoms with van der Waals surface area (Å²) in [5.74, 6) is 0.525. The van der Waals surface area contributed by atoms with Crippen molar-refractivity contribution in [1.82, 2.24) is 9.97 Å². The first kappa shape index (κ1) is 16.5. The number of rotatable bonds is 3. The molecule has 1 aromatic heterocycles. The molecule has 1 aliphatic heterocycles. The van der Waals surface area contributed by atoms with Crippen LogP contribution in [0, 0.1) is 10.1 Å². The van der Waals surface area contributed by atoms with E-state index >= 15 is 0 Å². The number of hydrogen-bond donors (Lipinski definition) is 0. The maximum Gasteiger partial charge on any atom is 0.330 e. The zero-order valence-corrected chi connectivity index (χ0v) is 14.3. The summed E-state index contributed by atoms with van der Waals surface area (Å²) in [6.45, 7) is 0.189. The average molecular weight is 366 g/mol. The summed E-state index contributed by atoms with van der Waals surface area (Å²) in [6, 6.07) is 3.63. The predicted octanol–water partition coefficient (Wildman–Crippen LogP) is 3.34. The Morgan fingerprint density at radius 3 is 2.83 bits per heavy atom. The highest BCUT2D eigenvalue weighted by atomic mass is 35.5. The fraction of sp³-hybridized carbons (Fsp3) is 0.214. The maximum atomic E-state index is 12.7. The number of halogens is 1. The zero-order valence-electron chi connectivity index (χ0n) is 12.8. The topological polar surface area (TPSA) is 92.5 Å². The molecule has 2 heterocycles. The number of nitro groups is 1. The van der Waals surface area contributed by atoms with Crippen molar-refractivity contribution < 1.29 is 9.72 Å². The highest BCUT2D eigenvalue weighted by Crippen LogP contribution is 2.35. The molecule has 124 valence electrons. The van der Waals surface area contributed by atoms with E-state index in [1.807, 2.05) is 6.26 Å². The highest BCUT2D eigenvalue weighted by molar-refractivity contribution is 7.98. The molecule has 0 saturated heterocycles. The van der Waals surface area contributed by atoms with Gasteiger partial charge in [-0.2, -0.15) is 0 Å². The lowest BCUT2D eigenvalue weighted by atomic mass is 10.2. The van der Waals surface area contributed by atoms with Gasteiger partial charge in [0.2, 0.25) is 0 Å². The molecule has 0 unspecified atom stereocenters. The lowest BCUT2D eigenvalue weighted by molar-refractivity contribution is -0.384. The standard InChI is InChI=1S/C14H12ClN5O3S/c1-18-12-8(6-16-13(17-12)24-2)7-19(14(18)21)11-5-9(20(22)23)3-4-10(11)15/h3-6H,7H2,1-2H3. The first-order valence-corrected chi connectivity index (χ1v) is 8.41. The van der Waals surface area contributed by atoms with Crippen LogP contribution in [0.3, 0.4) is 0 Å². The molecule has 2 amide bonds. The fourth-order valence-electron chi connectivity index (χ4n) is 2.40. The van der Waals surface area contributed by atoms with Crippen molar-refractivity contribution in [2.75, 3.05) is 23.1 Å². The molecule has 0 spiro atoms. The third-order valence-electron chi connectivity index (χ3n) is 3.60. The number of non-ortho nitro benzene ring substituents is 1. The van der Waals surface area contributed by atoms with Gasteiger partial charge in [0.1, 0.15) is 5.82 Å². The second-order valence-corrected chi connectivity index (χ2v) is 6.21. The average Bonchev–Trinajstić information content (AvgIpc) is 2.58. The molecule has 10 heteroatoms. The van der Waals surface area contributed by atoms with E-state index in [2.05, 4.69) is 9.97 Å². The van der Waals surface area contributed by atoms with Crippen molar-refractivity contribution in [3.05, 3.63) is 45.1 Å². The van der Waals surface area contributed by atoms with Gasteiger partial charge in [-0.25, -0.2) is 14.8 Å². The van der Waals surface area contributed by atoms with Gasteiger partial charge in [0.25, 0.3) is 5.69 Å². The second kappa shape index (κ2) is 6.25. The summed E-state index contributed by atoms with van der Waals surface area (Å²) in [7, 11) is 1.59. The number of amides is 2. The summed E-state index contributed by atoms with van der Waals surface area (Å²) in [4.78, 5) is 34.5. The Morgan fingerprint density at radius 2 is 2.17 bits per heavy atom. The van der Waals surface area contributed by atoms with Crippen LogP contribution in [0.1, 0.15) is 5.56 Å². The van der Waals surface area contributed by atoms with Crippen molar-refractivity contribution in [1.29, 1.82) is 0 Å². The molecule has 8 nitrogen and oxygen atoms in total. The van der Waals surface area contributed by atoms with Gasteiger partial charge in [-0.05, 0) is 12.3 Å². The molecule has 0 aliphatic carbocycles. The van der Waals surface area contributed by atoms with Gasteiger partial charge in [-0.3, -0.25) is 19.9 Å². The van der Waals surface area contributed by atoms with Gasteiger partial charge in [-0.15, -0.1) is 0 Å². The lowest BCUT2D eigenvalue weighted by Gasteiger charge is -2.34. The number of urea groups is 1. The Balaban J connectivity index is 2.06. The number of nitro benzene ring substituents is 1. The number of fused-ring (bicyclic) bond motifs is 1. The fourth-order valence-corrected chi connectivity index (χ4v) is 2.96. The Hall–Kier alpha value is -2.39. The second-order valence-electron chi connectivity index (χ2n) is 5.03. The van der Waals surface area contributed by atoms with Crippen LogP contribution in [0.5, 0.6) is 0 Å². The van der Waals surface area contributed by atoms with Crippen molar-refractivity contribution in [2.24, 2.45) is 0 Å². The molecule has 1 aromatic carbocycles. The summed E-state index contributed by atoms with van der Waals surface area (Å²) in [5, 5.41) is 11.8. The predicted molar refractivity (Wildman–Crippen MR) is 91.9 cm³/mol. The smallest absolute Gasteiger partial charge is 0.288 e. The molecule has 3 rings (SSSR count). The number of thioether (sulfide) groups is 1. The number of anilines is 2. The molecule has 0 N–H and O–H groups in total.